The highest BCUT2D eigenvalue weighted by Crippen LogP contribution is 2.13. The summed E-state index contributed by atoms with van der Waals surface area (Å²) < 4.78 is 2.07. The van der Waals surface area contributed by atoms with Crippen LogP contribution in [0.1, 0.15) is 25.5 Å². The van der Waals surface area contributed by atoms with E-state index in [1.807, 2.05) is 24.5 Å². The van der Waals surface area contributed by atoms with E-state index < -0.39 is 0 Å². The van der Waals surface area contributed by atoms with Crippen molar-refractivity contribution in [3.05, 3.63) is 30.2 Å². The molecule has 62 valence electrons. The third-order valence-electron chi connectivity index (χ3n) is 1.95. The van der Waals surface area contributed by atoms with Crippen molar-refractivity contribution >= 4 is 5.65 Å². The van der Waals surface area contributed by atoms with Gasteiger partial charge in [-0.15, -0.1) is 5.10 Å². The van der Waals surface area contributed by atoms with Crippen molar-refractivity contribution in [1.29, 1.82) is 0 Å². The van der Waals surface area contributed by atoms with Gasteiger partial charge in [0.2, 0.25) is 0 Å². The SMILES string of the molecule is CC(C)c1cnnc2cccn12. The van der Waals surface area contributed by atoms with Crippen molar-refractivity contribution in [2.45, 2.75) is 19.8 Å². The van der Waals surface area contributed by atoms with Crippen LogP contribution in [0.3, 0.4) is 0 Å². The van der Waals surface area contributed by atoms with Gasteiger partial charge in [0.15, 0.2) is 5.65 Å². The van der Waals surface area contributed by atoms with Crippen molar-refractivity contribution in [2.75, 3.05) is 0 Å². The summed E-state index contributed by atoms with van der Waals surface area (Å²) in [6.45, 7) is 4.30. The largest absolute Gasteiger partial charge is 0.302 e. The molecule has 0 aliphatic heterocycles. The molecule has 12 heavy (non-hydrogen) atoms. The van der Waals surface area contributed by atoms with Crippen LogP contribution >= 0.6 is 0 Å². The number of hydrogen-bond donors (Lipinski definition) is 0. The predicted molar refractivity (Wildman–Crippen MR) is 47.1 cm³/mol. The number of fused-ring (bicyclic) bond motifs is 1. The molecule has 0 aromatic carbocycles. The summed E-state index contributed by atoms with van der Waals surface area (Å²) >= 11 is 0. The van der Waals surface area contributed by atoms with Crippen LogP contribution in [0.25, 0.3) is 5.65 Å². The summed E-state index contributed by atoms with van der Waals surface area (Å²) in [7, 11) is 0. The zero-order valence-electron chi connectivity index (χ0n) is 7.23. The van der Waals surface area contributed by atoms with Gasteiger partial charge in [-0.3, -0.25) is 0 Å². The normalized spacial score (nSPS) is 11.2. The zero-order valence-corrected chi connectivity index (χ0v) is 7.23. The first-order valence-corrected chi connectivity index (χ1v) is 4.07. The van der Waals surface area contributed by atoms with Gasteiger partial charge in [-0.25, -0.2) is 0 Å². The van der Waals surface area contributed by atoms with E-state index in [0.717, 1.165) is 5.65 Å². The molecule has 0 fully saturated rings. The highest BCUT2D eigenvalue weighted by atomic mass is 15.2. The monoisotopic (exact) mass is 161 g/mol. The Bertz CT molecular complexity index is 389. The quantitative estimate of drug-likeness (QED) is 0.639. The van der Waals surface area contributed by atoms with Gasteiger partial charge in [0.05, 0.1) is 6.20 Å². The Balaban J connectivity index is 2.73. The summed E-state index contributed by atoms with van der Waals surface area (Å²) in [4.78, 5) is 0. The maximum Gasteiger partial charge on any atom is 0.159 e. The van der Waals surface area contributed by atoms with Gasteiger partial charge in [0.1, 0.15) is 0 Å². The summed E-state index contributed by atoms with van der Waals surface area (Å²) in [6.07, 6.45) is 3.83. The highest BCUT2D eigenvalue weighted by Gasteiger charge is 2.04. The molecule has 3 nitrogen and oxygen atoms in total. The molecule has 0 N–H and O–H groups in total. The number of hydrogen-bond acceptors (Lipinski definition) is 2. The van der Waals surface area contributed by atoms with Crippen molar-refractivity contribution in [1.82, 2.24) is 14.6 Å². The molecule has 0 aliphatic rings. The van der Waals surface area contributed by atoms with E-state index in [1.54, 1.807) is 0 Å². The Hall–Kier alpha value is -1.38. The van der Waals surface area contributed by atoms with E-state index in [4.69, 9.17) is 0 Å². The third-order valence-corrected chi connectivity index (χ3v) is 1.95. The van der Waals surface area contributed by atoms with Crippen LogP contribution in [0.5, 0.6) is 0 Å². The van der Waals surface area contributed by atoms with Gasteiger partial charge >= 0.3 is 0 Å². The van der Waals surface area contributed by atoms with Gasteiger partial charge < -0.3 is 4.40 Å². The van der Waals surface area contributed by atoms with E-state index in [9.17, 15) is 0 Å². The van der Waals surface area contributed by atoms with Crippen molar-refractivity contribution in [2.24, 2.45) is 0 Å². The zero-order chi connectivity index (χ0) is 8.55. The van der Waals surface area contributed by atoms with Crippen LogP contribution in [0.15, 0.2) is 24.5 Å². The van der Waals surface area contributed by atoms with Gasteiger partial charge in [-0.05, 0) is 18.1 Å². The molecule has 0 spiro atoms. The highest BCUT2D eigenvalue weighted by molar-refractivity contribution is 5.38. The van der Waals surface area contributed by atoms with Crippen LogP contribution in [0.2, 0.25) is 0 Å². The van der Waals surface area contributed by atoms with Gasteiger partial charge in [-0.1, -0.05) is 13.8 Å². The lowest BCUT2D eigenvalue weighted by atomic mass is 10.1. The molecule has 0 bridgehead atoms. The van der Waals surface area contributed by atoms with Crippen LogP contribution in [0.4, 0.5) is 0 Å². The lowest BCUT2D eigenvalue weighted by Crippen LogP contribution is -2.00. The predicted octanol–water partition coefficient (Wildman–Crippen LogP) is 1.85. The Labute approximate surface area is 71.1 Å². The van der Waals surface area contributed by atoms with E-state index in [2.05, 4.69) is 28.4 Å². The summed E-state index contributed by atoms with van der Waals surface area (Å²) in [5.41, 5.74) is 2.12. The molecule has 0 unspecified atom stereocenters. The Kier molecular flexibility index (Phi) is 1.57. The first-order valence-electron chi connectivity index (χ1n) is 4.07. The van der Waals surface area contributed by atoms with E-state index in [-0.39, 0.29) is 0 Å². The first-order chi connectivity index (χ1) is 5.79. The summed E-state index contributed by atoms with van der Waals surface area (Å²) in [5, 5.41) is 7.93. The van der Waals surface area contributed by atoms with Crippen molar-refractivity contribution in [3.8, 4) is 0 Å². The first kappa shape index (κ1) is 7.28. The molecule has 0 radical (unpaired) electrons. The maximum atomic E-state index is 4.00. The molecule has 0 atom stereocenters. The minimum Gasteiger partial charge on any atom is -0.302 e. The number of aromatic nitrogens is 3. The average Bonchev–Trinajstić information content (AvgIpc) is 2.49. The van der Waals surface area contributed by atoms with Gasteiger partial charge in [0.25, 0.3) is 0 Å². The molecule has 3 heteroatoms. The minimum atomic E-state index is 0.482. The molecular weight excluding hydrogens is 150 g/mol. The molecule has 0 saturated heterocycles. The molecule has 0 saturated carbocycles. The van der Waals surface area contributed by atoms with E-state index in [0.29, 0.717) is 5.92 Å². The molecular formula is C9H11N3. The van der Waals surface area contributed by atoms with Gasteiger partial charge in [-0.2, -0.15) is 5.10 Å². The van der Waals surface area contributed by atoms with E-state index in [1.165, 1.54) is 5.69 Å². The molecule has 2 heterocycles. The second kappa shape index (κ2) is 2.59. The Morgan fingerprint density at radius 3 is 3.00 bits per heavy atom. The standard InChI is InChI=1S/C9H11N3/c1-7(2)8-6-10-11-9-4-3-5-12(8)9/h3-7H,1-2H3. The van der Waals surface area contributed by atoms with Crippen LogP contribution in [-0.4, -0.2) is 14.6 Å². The molecule has 0 aliphatic carbocycles. The smallest absolute Gasteiger partial charge is 0.159 e. The maximum absolute atomic E-state index is 4.00. The second-order valence-corrected chi connectivity index (χ2v) is 3.16. The van der Waals surface area contributed by atoms with Crippen LogP contribution in [0, 0.1) is 0 Å². The average molecular weight is 161 g/mol. The van der Waals surface area contributed by atoms with Crippen molar-refractivity contribution < 1.29 is 0 Å². The molecule has 0 amide bonds. The topological polar surface area (TPSA) is 30.2 Å². The number of nitrogens with zero attached hydrogens (tertiary/aromatic N) is 3. The molecule has 2 aromatic rings. The number of rotatable bonds is 1. The van der Waals surface area contributed by atoms with E-state index >= 15 is 0 Å². The van der Waals surface area contributed by atoms with Crippen LogP contribution < -0.4 is 0 Å². The summed E-state index contributed by atoms with van der Waals surface area (Å²) in [6, 6.07) is 3.94. The fourth-order valence-corrected chi connectivity index (χ4v) is 1.31. The molecule has 2 rings (SSSR count). The Morgan fingerprint density at radius 2 is 2.25 bits per heavy atom. The summed E-state index contributed by atoms with van der Waals surface area (Å²) in [5.74, 6) is 0.482. The van der Waals surface area contributed by atoms with Crippen molar-refractivity contribution in [3.63, 3.8) is 0 Å². The minimum absolute atomic E-state index is 0.482. The lowest BCUT2D eigenvalue weighted by molar-refractivity contribution is 0.773. The third kappa shape index (κ3) is 0.978. The molecule has 2 aromatic heterocycles. The Morgan fingerprint density at radius 1 is 1.42 bits per heavy atom. The fourth-order valence-electron chi connectivity index (χ4n) is 1.31. The van der Waals surface area contributed by atoms with Gasteiger partial charge in [0, 0.05) is 11.9 Å². The second-order valence-electron chi connectivity index (χ2n) is 3.16. The lowest BCUT2D eigenvalue weighted by Gasteiger charge is -2.06. The fraction of sp³-hybridized carbons (Fsp3) is 0.333. The van der Waals surface area contributed by atoms with Crippen LogP contribution in [-0.2, 0) is 0 Å².